The maximum Gasteiger partial charge on any atom is 0.0939 e. The Hall–Kier alpha value is -1.40. The van der Waals surface area contributed by atoms with Gasteiger partial charge in [0, 0.05) is 12.6 Å². The zero-order valence-corrected chi connectivity index (χ0v) is 8.84. The minimum absolute atomic E-state index is 0.759. The summed E-state index contributed by atoms with van der Waals surface area (Å²) in [5, 5.41) is 12.6. The van der Waals surface area contributed by atoms with Crippen molar-refractivity contribution in [2.45, 2.75) is 6.54 Å². The Kier molecular flexibility index (Phi) is 4.66. The molecule has 3 heteroatoms. The van der Waals surface area contributed by atoms with Gasteiger partial charge in [-0.3, -0.25) is 0 Å². The summed E-state index contributed by atoms with van der Waals surface area (Å²) in [5.41, 5.74) is 1.21. The van der Waals surface area contributed by atoms with Crippen LogP contribution in [0.15, 0.2) is 41.4 Å². The van der Waals surface area contributed by atoms with Crippen LogP contribution < -0.4 is 5.32 Å². The maximum atomic E-state index is 8.49. The molecule has 2 nitrogen and oxygen atoms in total. The molecule has 0 saturated carbocycles. The minimum Gasteiger partial charge on any atom is -0.375 e. The van der Waals surface area contributed by atoms with E-state index in [1.165, 1.54) is 11.6 Å². The number of nitrogens with zero attached hydrogens (tertiary/aromatic N) is 1. The molecule has 14 heavy (non-hydrogen) atoms. The van der Waals surface area contributed by atoms with Crippen LogP contribution in [0.5, 0.6) is 0 Å². The molecule has 0 heterocycles. The fourth-order valence-electron chi connectivity index (χ4n) is 1.03. The second-order valence-electron chi connectivity index (χ2n) is 2.68. The van der Waals surface area contributed by atoms with Gasteiger partial charge in [-0.15, -0.1) is 11.8 Å². The van der Waals surface area contributed by atoms with Crippen LogP contribution in [0.4, 0.5) is 0 Å². The zero-order valence-electron chi connectivity index (χ0n) is 8.03. The number of hydrogen-bond donors (Lipinski definition) is 1. The van der Waals surface area contributed by atoms with Gasteiger partial charge in [0.25, 0.3) is 0 Å². The van der Waals surface area contributed by atoms with Crippen molar-refractivity contribution in [2.24, 2.45) is 0 Å². The van der Waals surface area contributed by atoms with Gasteiger partial charge in [-0.1, -0.05) is 30.3 Å². The largest absolute Gasteiger partial charge is 0.375 e. The van der Waals surface area contributed by atoms with Crippen molar-refractivity contribution in [2.75, 3.05) is 6.26 Å². The summed E-state index contributed by atoms with van der Waals surface area (Å²) in [6.45, 7) is 0.759. The lowest BCUT2D eigenvalue weighted by atomic mass is 10.2. The number of nitrogens with one attached hydrogen (secondary N) is 1. The van der Waals surface area contributed by atoms with Crippen molar-refractivity contribution < 1.29 is 0 Å². The van der Waals surface area contributed by atoms with Crippen molar-refractivity contribution in [1.29, 1.82) is 5.26 Å². The van der Waals surface area contributed by atoms with E-state index < -0.39 is 0 Å². The van der Waals surface area contributed by atoms with Gasteiger partial charge in [0.05, 0.1) is 11.1 Å². The van der Waals surface area contributed by atoms with Gasteiger partial charge in [0.2, 0.25) is 0 Å². The molecule has 0 atom stereocenters. The van der Waals surface area contributed by atoms with Crippen LogP contribution in [-0.2, 0) is 6.54 Å². The number of allylic oxidation sites excluding steroid dienone is 1. The van der Waals surface area contributed by atoms with E-state index in [4.69, 9.17) is 5.26 Å². The number of rotatable bonds is 4. The summed E-state index contributed by atoms with van der Waals surface area (Å²) < 4.78 is 0. The second-order valence-corrected chi connectivity index (χ2v) is 3.53. The predicted molar refractivity (Wildman–Crippen MR) is 60.5 cm³/mol. The molecular weight excluding hydrogens is 192 g/mol. The molecule has 1 rings (SSSR count). The van der Waals surface area contributed by atoms with E-state index in [2.05, 4.69) is 17.4 Å². The fraction of sp³-hybridized carbons (Fsp3) is 0.182. The Morgan fingerprint density at radius 2 is 2.21 bits per heavy atom. The van der Waals surface area contributed by atoms with E-state index >= 15 is 0 Å². The summed E-state index contributed by atoms with van der Waals surface area (Å²) in [6, 6.07) is 12.1. The first-order valence-electron chi connectivity index (χ1n) is 4.28. The highest BCUT2D eigenvalue weighted by Gasteiger charge is 1.94. The third-order valence-corrected chi connectivity index (χ3v) is 2.43. The molecule has 0 aliphatic heterocycles. The molecule has 72 valence electrons. The van der Waals surface area contributed by atoms with E-state index in [0.717, 1.165) is 11.6 Å². The smallest absolute Gasteiger partial charge is 0.0939 e. The lowest BCUT2D eigenvalue weighted by Crippen LogP contribution is -2.09. The molecule has 0 aromatic heterocycles. The average molecular weight is 204 g/mol. The molecule has 0 unspecified atom stereocenters. The molecule has 1 aromatic carbocycles. The average Bonchev–Trinajstić information content (AvgIpc) is 2.25. The molecule has 0 saturated heterocycles. The third kappa shape index (κ3) is 3.55. The van der Waals surface area contributed by atoms with E-state index in [-0.39, 0.29) is 0 Å². The Balaban J connectivity index is 2.49. The van der Waals surface area contributed by atoms with Crippen LogP contribution in [0.1, 0.15) is 5.56 Å². The monoisotopic (exact) mass is 204 g/mol. The van der Waals surface area contributed by atoms with Crippen molar-refractivity contribution in [1.82, 2.24) is 5.32 Å². The summed E-state index contributed by atoms with van der Waals surface area (Å²) in [5.74, 6) is 0. The highest BCUT2D eigenvalue weighted by molar-refractivity contribution is 8.02. The van der Waals surface area contributed by atoms with Crippen LogP contribution in [0.25, 0.3) is 0 Å². The molecule has 0 radical (unpaired) electrons. The van der Waals surface area contributed by atoms with Crippen molar-refractivity contribution in [3.63, 3.8) is 0 Å². The van der Waals surface area contributed by atoms with Crippen LogP contribution in [0, 0.1) is 11.3 Å². The number of thioether (sulfide) groups is 1. The van der Waals surface area contributed by atoms with E-state index in [1.54, 1.807) is 11.8 Å². The van der Waals surface area contributed by atoms with E-state index in [0.29, 0.717) is 0 Å². The summed E-state index contributed by atoms with van der Waals surface area (Å²) in [6.07, 6.45) is 3.47. The van der Waals surface area contributed by atoms with Gasteiger partial charge in [-0.2, -0.15) is 5.26 Å². The molecular formula is C11H12N2S. The molecule has 0 fully saturated rings. The van der Waals surface area contributed by atoms with E-state index in [9.17, 15) is 0 Å². The van der Waals surface area contributed by atoms with Gasteiger partial charge >= 0.3 is 0 Å². The number of hydrogen-bond acceptors (Lipinski definition) is 3. The van der Waals surface area contributed by atoms with Crippen LogP contribution in [0.3, 0.4) is 0 Å². The molecule has 1 aromatic rings. The standard InChI is InChI=1S/C11H12N2S/c1-14-11(7-8-12)13-9-10-5-3-2-4-6-10/h2-7,13H,9H2,1H3/b11-7-. The maximum absolute atomic E-state index is 8.49. The molecule has 0 spiro atoms. The summed E-state index contributed by atoms with van der Waals surface area (Å²) in [7, 11) is 0. The fourth-order valence-corrected chi connectivity index (χ4v) is 1.41. The normalized spacial score (nSPS) is 10.7. The van der Waals surface area contributed by atoms with Crippen molar-refractivity contribution >= 4 is 11.8 Å². The molecule has 0 amide bonds. The lowest BCUT2D eigenvalue weighted by Gasteiger charge is -2.06. The predicted octanol–water partition coefficient (Wildman–Crippen LogP) is 2.50. The Bertz CT molecular complexity index is 338. The highest BCUT2D eigenvalue weighted by Crippen LogP contribution is 2.08. The Morgan fingerprint density at radius 3 is 2.79 bits per heavy atom. The second kappa shape index (κ2) is 6.11. The lowest BCUT2D eigenvalue weighted by molar-refractivity contribution is 0.857. The molecule has 0 bridgehead atoms. The summed E-state index contributed by atoms with van der Waals surface area (Å²) in [4.78, 5) is 0. The van der Waals surface area contributed by atoms with E-state index in [1.807, 2.05) is 30.5 Å². The van der Waals surface area contributed by atoms with Gasteiger partial charge in [0.1, 0.15) is 0 Å². The minimum atomic E-state index is 0.759. The first kappa shape index (κ1) is 10.7. The molecule has 0 aliphatic carbocycles. The molecule has 0 aliphatic rings. The topological polar surface area (TPSA) is 35.8 Å². The van der Waals surface area contributed by atoms with Crippen molar-refractivity contribution in [3.05, 3.63) is 47.0 Å². The first-order chi connectivity index (χ1) is 6.86. The number of nitriles is 1. The Morgan fingerprint density at radius 1 is 1.50 bits per heavy atom. The third-order valence-electron chi connectivity index (χ3n) is 1.73. The van der Waals surface area contributed by atoms with Crippen molar-refractivity contribution in [3.8, 4) is 6.07 Å². The van der Waals surface area contributed by atoms with Gasteiger partial charge in [0.15, 0.2) is 0 Å². The zero-order chi connectivity index (χ0) is 10.2. The molecule has 1 N–H and O–H groups in total. The van der Waals surface area contributed by atoms with Crippen LogP contribution in [-0.4, -0.2) is 6.26 Å². The van der Waals surface area contributed by atoms with Gasteiger partial charge in [-0.05, 0) is 11.8 Å². The SMILES string of the molecule is CS/C(=C\C#N)NCc1ccccc1. The Labute approximate surface area is 88.6 Å². The number of benzene rings is 1. The highest BCUT2D eigenvalue weighted by atomic mass is 32.2. The quantitative estimate of drug-likeness (QED) is 0.765. The van der Waals surface area contributed by atoms with Gasteiger partial charge < -0.3 is 5.32 Å². The van der Waals surface area contributed by atoms with Crippen LogP contribution >= 0.6 is 11.8 Å². The first-order valence-corrected chi connectivity index (χ1v) is 5.51. The van der Waals surface area contributed by atoms with Gasteiger partial charge in [-0.25, -0.2) is 0 Å². The van der Waals surface area contributed by atoms with Crippen LogP contribution in [0.2, 0.25) is 0 Å². The summed E-state index contributed by atoms with van der Waals surface area (Å²) >= 11 is 1.54.